The molecule has 1 heterocycles. The average Bonchev–Trinajstić information content (AvgIpc) is 3.34. The molecule has 2 aliphatic rings. The summed E-state index contributed by atoms with van der Waals surface area (Å²) in [6.45, 7) is 10.4. The van der Waals surface area contributed by atoms with Crippen molar-refractivity contribution in [1.29, 1.82) is 0 Å². The van der Waals surface area contributed by atoms with Gasteiger partial charge in [-0.05, 0) is 32.1 Å². The summed E-state index contributed by atoms with van der Waals surface area (Å²) in [6.07, 6.45) is 3.71. The SMILES string of the molecule is CCNC(=NCCCC(=O)NC1CC1)N1CCSC(C(C)C)C1.I. The Bertz CT molecular complexity index is 415. The van der Waals surface area contributed by atoms with Gasteiger partial charge in [0.2, 0.25) is 5.91 Å². The zero-order valence-electron chi connectivity index (χ0n) is 15.2. The molecule has 1 unspecified atom stereocenters. The number of guanidine groups is 1. The van der Waals surface area contributed by atoms with Crippen LogP contribution in [-0.2, 0) is 4.79 Å². The van der Waals surface area contributed by atoms with Gasteiger partial charge in [0.05, 0.1) is 0 Å². The molecule has 0 radical (unpaired) electrons. The number of nitrogens with one attached hydrogen (secondary N) is 2. The molecule has 2 rings (SSSR count). The number of carbonyl (C=O) groups excluding carboxylic acids is 1. The fraction of sp³-hybridized carbons (Fsp3) is 0.882. The number of amides is 1. The van der Waals surface area contributed by atoms with E-state index >= 15 is 0 Å². The Balaban J connectivity index is 0.00000288. The normalized spacial score (nSPS) is 21.4. The minimum Gasteiger partial charge on any atom is -0.357 e. The van der Waals surface area contributed by atoms with Gasteiger partial charge in [-0.3, -0.25) is 9.79 Å². The second-order valence-corrected chi connectivity index (χ2v) is 8.13. The summed E-state index contributed by atoms with van der Waals surface area (Å²) < 4.78 is 0. The number of hydrogen-bond acceptors (Lipinski definition) is 3. The molecule has 0 aromatic heterocycles. The van der Waals surface area contributed by atoms with Gasteiger partial charge in [-0.1, -0.05) is 13.8 Å². The highest BCUT2D eigenvalue weighted by Crippen LogP contribution is 2.24. The number of hydrogen-bond donors (Lipinski definition) is 2. The topological polar surface area (TPSA) is 56.7 Å². The van der Waals surface area contributed by atoms with Crippen molar-refractivity contribution in [2.24, 2.45) is 10.9 Å². The van der Waals surface area contributed by atoms with Crippen LogP contribution >= 0.6 is 35.7 Å². The highest BCUT2D eigenvalue weighted by Gasteiger charge is 2.25. The van der Waals surface area contributed by atoms with Crippen molar-refractivity contribution in [3.05, 3.63) is 0 Å². The number of carbonyl (C=O) groups is 1. The number of rotatable bonds is 7. The maximum absolute atomic E-state index is 11.7. The lowest BCUT2D eigenvalue weighted by Gasteiger charge is -2.36. The molecule has 2 N–H and O–H groups in total. The van der Waals surface area contributed by atoms with Crippen molar-refractivity contribution < 1.29 is 4.79 Å². The zero-order chi connectivity index (χ0) is 16.7. The molecule has 24 heavy (non-hydrogen) atoms. The van der Waals surface area contributed by atoms with E-state index in [4.69, 9.17) is 4.99 Å². The smallest absolute Gasteiger partial charge is 0.220 e. The molecule has 1 saturated heterocycles. The van der Waals surface area contributed by atoms with E-state index in [1.165, 1.54) is 0 Å². The molecule has 1 saturated carbocycles. The van der Waals surface area contributed by atoms with Gasteiger partial charge in [-0.15, -0.1) is 24.0 Å². The van der Waals surface area contributed by atoms with E-state index in [-0.39, 0.29) is 29.9 Å². The van der Waals surface area contributed by atoms with Crippen LogP contribution in [0.4, 0.5) is 0 Å². The molecule has 2 fully saturated rings. The van der Waals surface area contributed by atoms with Gasteiger partial charge in [0.15, 0.2) is 5.96 Å². The first-order valence-corrected chi connectivity index (χ1v) is 10.1. The Morgan fingerprint density at radius 2 is 2.12 bits per heavy atom. The molecule has 140 valence electrons. The molecular formula is C17H33IN4OS. The quantitative estimate of drug-likeness (QED) is 0.261. The van der Waals surface area contributed by atoms with E-state index in [0.29, 0.717) is 23.6 Å². The van der Waals surface area contributed by atoms with Gasteiger partial charge < -0.3 is 15.5 Å². The van der Waals surface area contributed by atoms with E-state index < -0.39 is 0 Å². The summed E-state index contributed by atoms with van der Waals surface area (Å²) in [5, 5.41) is 7.12. The molecule has 5 nitrogen and oxygen atoms in total. The summed E-state index contributed by atoms with van der Waals surface area (Å²) in [6, 6.07) is 0.460. The molecule has 0 aromatic carbocycles. The molecule has 0 aromatic rings. The van der Waals surface area contributed by atoms with Gasteiger partial charge in [0.25, 0.3) is 0 Å². The predicted octanol–water partition coefficient (Wildman–Crippen LogP) is 2.70. The standard InChI is InChI=1S/C17H32N4OS.HI/c1-4-18-17(21-10-11-23-15(12-21)13(2)3)19-9-5-6-16(22)20-14-7-8-14;/h13-15H,4-12H2,1-3H3,(H,18,19)(H,20,22);1H. The fourth-order valence-corrected chi connectivity index (χ4v) is 3.95. The zero-order valence-corrected chi connectivity index (χ0v) is 18.4. The van der Waals surface area contributed by atoms with Crippen molar-refractivity contribution in [3.8, 4) is 0 Å². The van der Waals surface area contributed by atoms with E-state index in [9.17, 15) is 4.79 Å². The first-order chi connectivity index (χ1) is 11.1. The number of aliphatic imine (C=N–C) groups is 1. The van der Waals surface area contributed by atoms with E-state index in [0.717, 1.165) is 57.2 Å². The van der Waals surface area contributed by atoms with Gasteiger partial charge >= 0.3 is 0 Å². The van der Waals surface area contributed by atoms with E-state index in [2.05, 4.69) is 48.1 Å². The Morgan fingerprint density at radius 3 is 2.75 bits per heavy atom. The Kier molecular flexibility index (Phi) is 10.4. The monoisotopic (exact) mass is 468 g/mol. The van der Waals surface area contributed by atoms with Gasteiger partial charge in [0, 0.05) is 49.6 Å². The molecule has 1 amide bonds. The predicted molar refractivity (Wildman–Crippen MR) is 114 cm³/mol. The molecule has 0 spiro atoms. The summed E-state index contributed by atoms with van der Waals surface area (Å²) in [7, 11) is 0. The van der Waals surface area contributed by atoms with Crippen molar-refractivity contribution >= 4 is 47.6 Å². The fourth-order valence-electron chi connectivity index (χ4n) is 2.65. The van der Waals surface area contributed by atoms with Crippen molar-refractivity contribution in [3.63, 3.8) is 0 Å². The van der Waals surface area contributed by atoms with Gasteiger partial charge in [-0.2, -0.15) is 11.8 Å². The van der Waals surface area contributed by atoms with Crippen LogP contribution in [0.2, 0.25) is 0 Å². The molecule has 1 atom stereocenters. The third kappa shape index (κ3) is 7.80. The summed E-state index contributed by atoms with van der Waals surface area (Å²) in [4.78, 5) is 18.8. The Labute approximate surface area is 168 Å². The van der Waals surface area contributed by atoms with Crippen LogP contribution < -0.4 is 10.6 Å². The van der Waals surface area contributed by atoms with Crippen LogP contribution in [0.15, 0.2) is 4.99 Å². The number of halogens is 1. The molecule has 0 bridgehead atoms. The number of nitrogens with zero attached hydrogens (tertiary/aromatic N) is 2. The minimum absolute atomic E-state index is 0. The van der Waals surface area contributed by atoms with Crippen molar-refractivity contribution in [2.45, 2.75) is 57.7 Å². The largest absolute Gasteiger partial charge is 0.357 e. The third-order valence-corrected chi connectivity index (χ3v) is 5.78. The van der Waals surface area contributed by atoms with Gasteiger partial charge in [-0.25, -0.2) is 0 Å². The van der Waals surface area contributed by atoms with Crippen LogP contribution in [0.5, 0.6) is 0 Å². The van der Waals surface area contributed by atoms with Crippen LogP contribution in [0.25, 0.3) is 0 Å². The maximum Gasteiger partial charge on any atom is 0.220 e. The summed E-state index contributed by atoms with van der Waals surface area (Å²) in [5.41, 5.74) is 0. The Hall–Kier alpha value is -0.180. The highest BCUT2D eigenvalue weighted by atomic mass is 127. The van der Waals surface area contributed by atoms with Gasteiger partial charge in [0.1, 0.15) is 0 Å². The average molecular weight is 468 g/mol. The van der Waals surface area contributed by atoms with Crippen LogP contribution in [0.3, 0.4) is 0 Å². The summed E-state index contributed by atoms with van der Waals surface area (Å²) in [5.74, 6) is 3.05. The van der Waals surface area contributed by atoms with E-state index in [1.807, 2.05) is 0 Å². The lowest BCUT2D eigenvalue weighted by Crippen LogP contribution is -2.49. The lowest BCUT2D eigenvalue weighted by atomic mass is 10.1. The van der Waals surface area contributed by atoms with Crippen LogP contribution in [0.1, 0.15) is 46.5 Å². The Morgan fingerprint density at radius 1 is 1.38 bits per heavy atom. The molecule has 1 aliphatic carbocycles. The van der Waals surface area contributed by atoms with Crippen molar-refractivity contribution in [2.75, 3.05) is 31.9 Å². The lowest BCUT2D eigenvalue weighted by molar-refractivity contribution is -0.121. The first-order valence-electron chi connectivity index (χ1n) is 9.04. The van der Waals surface area contributed by atoms with Crippen LogP contribution in [-0.4, -0.2) is 60.0 Å². The maximum atomic E-state index is 11.7. The second-order valence-electron chi connectivity index (χ2n) is 6.78. The first kappa shape index (κ1) is 21.9. The van der Waals surface area contributed by atoms with Crippen LogP contribution in [0, 0.1) is 5.92 Å². The number of thioether (sulfide) groups is 1. The molecule has 7 heteroatoms. The second kappa shape index (κ2) is 11.4. The third-order valence-electron chi connectivity index (χ3n) is 4.24. The van der Waals surface area contributed by atoms with E-state index in [1.54, 1.807) is 0 Å². The minimum atomic E-state index is 0. The summed E-state index contributed by atoms with van der Waals surface area (Å²) >= 11 is 2.08. The van der Waals surface area contributed by atoms with Crippen molar-refractivity contribution in [1.82, 2.24) is 15.5 Å². The molecule has 1 aliphatic heterocycles. The highest BCUT2D eigenvalue weighted by molar-refractivity contribution is 14.0. The molecular weight excluding hydrogens is 435 g/mol.